The monoisotopic (exact) mass is 275 g/mol. The molecule has 20 heavy (non-hydrogen) atoms. The first-order chi connectivity index (χ1) is 9.83. The van der Waals surface area contributed by atoms with Gasteiger partial charge < -0.3 is 5.32 Å². The molecule has 1 aliphatic carbocycles. The van der Waals surface area contributed by atoms with E-state index in [1.807, 2.05) is 0 Å². The second-order valence-electron chi connectivity index (χ2n) is 5.80. The van der Waals surface area contributed by atoms with E-state index >= 15 is 0 Å². The molecule has 0 atom stereocenters. The summed E-state index contributed by atoms with van der Waals surface area (Å²) in [5, 5.41) is 3.42. The van der Waals surface area contributed by atoms with Crippen LogP contribution in [-0.2, 0) is 13.1 Å². The van der Waals surface area contributed by atoms with E-state index < -0.39 is 0 Å². The maximum absolute atomic E-state index is 4.80. The van der Waals surface area contributed by atoms with Crippen molar-refractivity contribution in [3.05, 3.63) is 29.6 Å². The number of pyridine rings is 1. The third kappa shape index (κ3) is 4.57. The fraction of sp³-hybridized carbons (Fsp3) is 0.706. The lowest BCUT2D eigenvalue weighted by Crippen LogP contribution is -2.32. The molecule has 0 spiro atoms. The molecule has 1 saturated carbocycles. The van der Waals surface area contributed by atoms with E-state index in [0.29, 0.717) is 0 Å². The van der Waals surface area contributed by atoms with Gasteiger partial charge in [0.2, 0.25) is 0 Å². The molecule has 0 aliphatic heterocycles. The molecular weight excluding hydrogens is 246 g/mol. The van der Waals surface area contributed by atoms with Crippen LogP contribution in [0.25, 0.3) is 0 Å². The van der Waals surface area contributed by atoms with Crippen LogP contribution in [0.5, 0.6) is 0 Å². The predicted molar refractivity (Wildman–Crippen MR) is 84.6 cm³/mol. The highest BCUT2D eigenvalue weighted by Crippen LogP contribution is 2.24. The standard InChI is InChI=1S/C17H29N3/c1-3-12-18-13-15-8-7-9-16(19-15)14-20(4-2)17-10-5-6-11-17/h7-9,17-18H,3-6,10-14H2,1-2H3. The Bertz CT molecular complexity index is 386. The largest absolute Gasteiger partial charge is 0.311 e. The number of hydrogen-bond acceptors (Lipinski definition) is 3. The van der Waals surface area contributed by atoms with Crippen molar-refractivity contribution in [2.75, 3.05) is 13.1 Å². The van der Waals surface area contributed by atoms with Gasteiger partial charge in [0, 0.05) is 19.1 Å². The quantitative estimate of drug-likeness (QED) is 0.738. The molecule has 3 nitrogen and oxygen atoms in total. The number of hydrogen-bond donors (Lipinski definition) is 1. The Hall–Kier alpha value is -0.930. The van der Waals surface area contributed by atoms with Crippen LogP contribution in [0.2, 0.25) is 0 Å². The zero-order chi connectivity index (χ0) is 14.2. The van der Waals surface area contributed by atoms with Gasteiger partial charge in [0.05, 0.1) is 11.4 Å². The molecule has 0 amide bonds. The molecule has 0 saturated heterocycles. The minimum absolute atomic E-state index is 0.781. The summed E-state index contributed by atoms with van der Waals surface area (Å²) in [7, 11) is 0. The molecule has 1 aliphatic rings. The summed E-state index contributed by atoms with van der Waals surface area (Å²) >= 11 is 0. The maximum Gasteiger partial charge on any atom is 0.0547 e. The lowest BCUT2D eigenvalue weighted by atomic mass is 10.2. The normalized spacial score (nSPS) is 16.1. The van der Waals surface area contributed by atoms with Gasteiger partial charge in [-0.05, 0) is 44.5 Å². The molecular formula is C17H29N3. The maximum atomic E-state index is 4.80. The Labute approximate surface area is 123 Å². The fourth-order valence-corrected chi connectivity index (χ4v) is 3.09. The van der Waals surface area contributed by atoms with Crippen LogP contribution in [0.3, 0.4) is 0 Å². The summed E-state index contributed by atoms with van der Waals surface area (Å²) in [6.07, 6.45) is 6.70. The molecule has 2 rings (SSSR count). The van der Waals surface area contributed by atoms with Gasteiger partial charge in [0.15, 0.2) is 0 Å². The molecule has 1 aromatic heterocycles. The first-order valence-electron chi connectivity index (χ1n) is 8.23. The van der Waals surface area contributed by atoms with E-state index in [1.165, 1.54) is 43.5 Å². The lowest BCUT2D eigenvalue weighted by molar-refractivity contribution is 0.198. The summed E-state index contributed by atoms with van der Waals surface area (Å²) < 4.78 is 0. The van der Waals surface area contributed by atoms with Gasteiger partial charge in [-0.1, -0.05) is 32.8 Å². The number of nitrogens with one attached hydrogen (secondary N) is 1. The van der Waals surface area contributed by atoms with Gasteiger partial charge in [0.1, 0.15) is 0 Å². The number of aromatic nitrogens is 1. The third-order valence-electron chi connectivity index (χ3n) is 4.21. The van der Waals surface area contributed by atoms with Crippen LogP contribution >= 0.6 is 0 Å². The van der Waals surface area contributed by atoms with Gasteiger partial charge in [-0.25, -0.2) is 0 Å². The molecule has 1 heterocycles. The zero-order valence-corrected chi connectivity index (χ0v) is 13.1. The second kappa shape index (κ2) is 8.38. The highest BCUT2D eigenvalue weighted by molar-refractivity contribution is 5.11. The lowest BCUT2D eigenvalue weighted by Gasteiger charge is -2.27. The summed E-state index contributed by atoms with van der Waals surface area (Å²) in [6, 6.07) is 7.22. The first-order valence-corrected chi connectivity index (χ1v) is 8.23. The van der Waals surface area contributed by atoms with Crippen LogP contribution in [0, 0.1) is 0 Å². The average molecular weight is 275 g/mol. The molecule has 1 aromatic rings. The van der Waals surface area contributed by atoms with Gasteiger partial charge in [0.25, 0.3) is 0 Å². The summed E-state index contributed by atoms with van der Waals surface area (Å²) in [6.45, 7) is 8.54. The van der Waals surface area contributed by atoms with Gasteiger partial charge >= 0.3 is 0 Å². The van der Waals surface area contributed by atoms with Crippen molar-refractivity contribution in [3.8, 4) is 0 Å². The van der Waals surface area contributed by atoms with Crippen molar-refractivity contribution in [1.29, 1.82) is 0 Å². The molecule has 0 unspecified atom stereocenters. The molecule has 0 radical (unpaired) electrons. The Morgan fingerprint density at radius 1 is 1.20 bits per heavy atom. The molecule has 1 fully saturated rings. The first kappa shape index (κ1) is 15.5. The smallest absolute Gasteiger partial charge is 0.0547 e. The van der Waals surface area contributed by atoms with Crippen molar-refractivity contribution in [2.24, 2.45) is 0 Å². The Balaban J connectivity index is 1.91. The van der Waals surface area contributed by atoms with E-state index in [2.05, 4.69) is 42.3 Å². The SMILES string of the molecule is CCCNCc1cccc(CN(CC)C2CCCC2)n1. The molecule has 0 bridgehead atoms. The highest BCUT2D eigenvalue weighted by Gasteiger charge is 2.21. The van der Waals surface area contributed by atoms with Crippen molar-refractivity contribution in [3.63, 3.8) is 0 Å². The Morgan fingerprint density at radius 3 is 2.65 bits per heavy atom. The van der Waals surface area contributed by atoms with Crippen molar-refractivity contribution in [2.45, 2.75) is 65.1 Å². The number of nitrogens with zero attached hydrogens (tertiary/aromatic N) is 2. The topological polar surface area (TPSA) is 28.2 Å². The highest BCUT2D eigenvalue weighted by atomic mass is 15.2. The van der Waals surface area contributed by atoms with Gasteiger partial charge in [-0.15, -0.1) is 0 Å². The van der Waals surface area contributed by atoms with E-state index in [9.17, 15) is 0 Å². The predicted octanol–water partition coefficient (Wildman–Crippen LogP) is 3.35. The fourth-order valence-electron chi connectivity index (χ4n) is 3.09. The minimum Gasteiger partial charge on any atom is -0.311 e. The van der Waals surface area contributed by atoms with Crippen LogP contribution < -0.4 is 5.32 Å². The van der Waals surface area contributed by atoms with Crippen molar-refractivity contribution < 1.29 is 0 Å². The van der Waals surface area contributed by atoms with E-state index in [4.69, 9.17) is 4.98 Å². The third-order valence-corrected chi connectivity index (χ3v) is 4.21. The summed E-state index contributed by atoms with van der Waals surface area (Å²) in [5.41, 5.74) is 2.38. The van der Waals surface area contributed by atoms with Crippen molar-refractivity contribution >= 4 is 0 Å². The summed E-state index contributed by atoms with van der Waals surface area (Å²) in [4.78, 5) is 7.40. The summed E-state index contributed by atoms with van der Waals surface area (Å²) in [5.74, 6) is 0. The molecule has 0 aromatic carbocycles. The van der Waals surface area contributed by atoms with E-state index in [1.54, 1.807) is 0 Å². The molecule has 3 heteroatoms. The second-order valence-corrected chi connectivity index (χ2v) is 5.80. The van der Waals surface area contributed by atoms with Crippen LogP contribution in [-0.4, -0.2) is 29.0 Å². The minimum atomic E-state index is 0.781. The molecule has 1 N–H and O–H groups in total. The van der Waals surface area contributed by atoms with Crippen molar-refractivity contribution in [1.82, 2.24) is 15.2 Å². The van der Waals surface area contributed by atoms with Gasteiger partial charge in [-0.3, -0.25) is 9.88 Å². The Morgan fingerprint density at radius 2 is 1.95 bits per heavy atom. The number of rotatable bonds is 8. The van der Waals surface area contributed by atoms with E-state index in [0.717, 1.165) is 32.2 Å². The Kier molecular flexibility index (Phi) is 6.48. The zero-order valence-electron chi connectivity index (χ0n) is 13.1. The molecule has 112 valence electrons. The van der Waals surface area contributed by atoms with Gasteiger partial charge in [-0.2, -0.15) is 0 Å². The average Bonchev–Trinajstić information content (AvgIpc) is 2.99. The van der Waals surface area contributed by atoms with Crippen LogP contribution in [0.4, 0.5) is 0 Å². The van der Waals surface area contributed by atoms with Crippen LogP contribution in [0.1, 0.15) is 57.3 Å². The van der Waals surface area contributed by atoms with Crippen LogP contribution in [0.15, 0.2) is 18.2 Å². The van der Waals surface area contributed by atoms with E-state index in [-0.39, 0.29) is 0 Å².